The van der Waals surface area contributed by atoms with Crippen LogP contribution in [0.25, 0.3) is 5.69 Å². The summed E-state index contributed by atoms with van der Waals surface area (Å²) in [7, 11) is 0. The van der Waals surface area contributed by atoms with E-state index < -0.39 is 0 Å². The summed E-state index contributed by atoms with van der Waals surface area (Å²) in [4.78, 5) is 21.7. The zero-order valence-electron chi connectivity index (χ0n) is 19.6. The fourth-order valence-corrected chi connectivity index (χ4v) is 5.99. The molecule has 1 aliphatic rings. The minimum Gasteiger partial charge on any atom is -0.352 e. The van der Waals surface area contributed by atoms with Gasteiger partial charge in [0.15, 0.2) is 10.3 Å². The van der Waals surface area contributed by atoms with Crippen molar-refractivity contribution in [2.45, 2.75) is 68.6 Å². The van der Waals surface area contributed by atoms with Crippen molar-refractivity contribution >= 4 is 41.0 Å². The Morgan fingerprint density at radius 1 is 1.12 bits per heavy atom. The van der Waals surface area contributed by atoms with Gasteiger partial charge in [0.2, 0.25) is 5.91 Å². The molecule has 1 aromatic carbocycles. The van der Waals surface area contributed by atoms with Crippen LogP contribution in [0.3, 0.4) is 0 Å². The molecule has 7 nitrogen and oxygen atoms in total. The number of thioether (sulfide) groups is 2. The highest BCUT2D eigenvalue weighted by atomic mass is 35.5. The van der Waals surface area contributed by atoms with Crippen LogP contribution in [-0.2, 0) is 10.5 Å². The molecule has 0 spiro atoms. The first-order valence-corrected chi connectivity index (χ1v) is 13.8. The van der Waals surface area contributed by atoms with Crippen molar-refractivity contribution in [1.29, 1.82) is 0 Å². The van der Waals surface area contributed by atoms with Gasteiger partial charge in [-0.3, -0.25) is 9.36 Å². The molecule has 0 aliphatic heterocycles. The Morgan fingerprint density at radius 2 is 1.88 bits per heavy atom. The Bertz CT molecular complexity index is 1130. The van der Waals surface area contributed by atoms with Gasteiger partial charge in [-0.2, -0.15) is 0 Å². The summed E-state index contributed by atoms with van der Waals surface area (Å²) in [6.45, 7) is 6.14. The molecule has 1 aliphatic carbocycles. The molecular weight excluding hydrogens is 488 g/mol. The number of halogens is 1. The number of amides is 1. The van der Waals surface area contributed by atoms with Gasteiger partial charge in [-0.15, -0.1) is 10.2 Å². The van der Waals surface area contributed by atoms with Crippen LogP contribution in [0, 0.1) is 19.8 Å². The van der Waals surface area contributed by atoms with E-state index in [9.17, 15) is 4.79 Å². The molecule has 0 radical (unpaired) electrons. The maximum Gasteiger partial charge on any atom is 0.230 e. The quantitative estimate of drug-likeness (QED) is 0.316. The molecule has 0 saturated heterocycles. The zero-order chi connectivity index (χ0) is 24.1. The van der Waals surface area contributed by atoms with E-state index in [2.05, 4.69) is 32.4 Å². The van der Waals surface area contributed by atoms with Crippen LogP contribution in [0.2, 0.25) is 5.02 Å². The molecule has 2 aromatic heterocycles. The van der Waals surface area contributed by atoms with Crippen LogP contribution in [-0.4, -0.2) is 42.4 Å². The van der Waals surface area contributed by atoms with Gasteiger partial charge >= 0.3 is 0 Å². The summed E-state index contributed by atoms with van der Waals surface area (Å²) in [5.74, 6) is 2.13. The minimum atomic E-state index is 0.0314. The van der Waals surface area contributed by atoms with Gasteiger partial charge in [-0.25, -0.2) is 9.97 Å². The van der Waals surface area contributed by atoms with E-state index in [1.165, 1.54) is 42.8 Å². The van der Waals surface area contributed by atoms with E-state index in [0.29, 0.717) is 27.0 Å². The van der Waals surface area contributed by atoms with Crippen molar-refractivity contribution in [3.8, 4) is 5.69 Å². The Balaban J connectivity index is 1.50. The second kappa shape index (κ2) is 11.6. The summed E-state index contributed by atoms with van der Waals surface area (Å²) in [6.07, 6.45) is 4.65. The highest BCUT2D eigenvalue weighted by Gasteiger charge is 2.23. The molecule has 10 heteroatoms. The molecular formula is C24H29ClN6OS2. The molecule has 2 atom stereocenters. The van der Waals surface area contributed by atoms with Crippen molar-refractivity contribution in [2.75, 3.05) is 5.75 Å². The van der Waals surface area contributed by atoms with Gasteiger partial charge in [0.25, 0.3) is 0 Å². The Labute approximate surface area is 213 Å². The van der Waals surface area contributed by atoms with E-state index in [1.807, 2.05) is 48.7 Å². The monoisotopic (exact) mass is 516 g/mol. The first kappa shape index (κ1) is 25.0. The highest BCUT2D eigenvalue weighted by molar-refractivity contribution is 7.99. The largest absolute Gasteiger partial charge is 0.352 e. The van der Waals surface area contributed by atoms with Gasteiger partial charge in [0, 0.05) is 22.5 Å². The van der Waals surface area contributed by atoms with Crippen LogP contribution in [0.4, 0.5) is 0 Å². The second-order valence-corrected chi connectivity index (χ2v) is 11.0. The topological polar surface area (TPSA) is 85.6 Å². The molecule has 4 rings (SSSR count). The number of hydrogen-bond acceptors (Lipinski definition) is 7. The van der Waals surface area contributed by atoms with Gasteiger partial charge in [-0.05, 0) is 56.9 Å². The third-order valence-corrected chi connectivity index (χ3v) is 7.86. The second-order valence-electron chi connectivity index (χ2n) is 8.66. The average molecular weight is 517 g/mol. The molecule has 1 fully saturated rings. The first-order chi connectivity index (χ1) is 16.4. The first-order valence-electron chi connectivity index (χ1n) is 11.5. The molecule has 0 unspecified atom stereocenters. The maximum atomic E-state index is 12.7. The number of hydrogen-bond donors (Lipinski definition) is 1. The van der Waals surface area contributed by atoms with Crippen LogP contribution in [0.15, 0.2) is 40.6 Å². The number of benzene rings is 1. The normalized spacial score (nSPS) is 18.1. The van der Waals surface area contributed by atoms with E-state index in [4.69, 9.17) is 11.6 Å². The number of carbonyl (C=O) groups excluding carboxylic acids is 1. The lowest BCUT2D eigenvalue weighted by Crippen LogP contribution is -2.41. The van der Waals surface area contributed by atoms with Crippen molar-refractivity contribution < 1.29 is 4.79 Å². The maximum absolute atomic E-state index is 12.7. The Hall–Kier alpha value is -2.10. The van der Waals surface area contributed by atoms with E-state index in [0.717, 1.165) is 29.3 Å². The molecule has 34 heavy (non-hydrogen) atoms. The molecule has 3 aromatic rings. The lowest BCUT2D eigenvalue weighted by atomic mass is 9.86. The average Bonchev–Trinajstić information content (AvgIpc) is 3.20. The third kappa shape index (κ3) is 6.52. The zero-order valence-corrected chi connectivity index (χ0v) is 22.0. The molecule has 0 bridgehead atoms. The van der Waals surface area contributed by atoms with Gasteiger partial charge in [-0.1, -0.05) is 61.0 Å². The predicted molar refractivity (Wildman–Crippen MR) is 138 cm³/mol. The highest BCUT2D eigenvalue weighted by Crippen LogP contribution is 2.28. The van der Waals surface area contributed by atoms with Gasteiger partial charge in [0.05, 0.1) is 17.2 Å². The van der Waals surface area contributed by atoms with Crippen LogP contribution in [0.5, 0.6) is 0 Å². The molecule has 180 valence electrons. The lowest BCUT2D eigenvalue weighted by Gasteiger charge is -2.29. The number of carbonyl (C=O) groups is 1. The number of aromatic nitrogens is 5. The molecule has 1 amide bonds. The Morgan fingerprint density at radius 3 is 2.62 bits per heavy atom. The Kier molecular flexibility index (Phi) is 8.50. The number of aryl methyl sites for hydroxylation is 2. The number of rotatable bonds is 8. The SMILES string of the molecule is Cc1cc(C)nc(SCc2nnc(SCC(=O)N[C@@H]3CCCC[C@H]3C)n2-c2cccc(Cl)c2)n1. The van der Waals surface area contributed by atoms with Crippen LogP contribution >= 0.6 is 35.1 Å². The van der Waals surface area contributed by atoms with Crippen molar-refractivity contribution in [3.05, 3.63) is 52.6 Å². The van der Waals surface area contributed by atoms with Crippen molar-refractivity contribution in [1.82, 2.24) is 30.0 Å². The molecule has 1 N–H and O–H groups in total. The molecule has 1 saturated carbocycles. The number of nitrogens with zero attached hydrogens (tertiary/aromatic N) is 5. The van der Waals surface area contributed by atoms with Gasteiger partial charge in [0.1, 0.15) is 5.82 Å². The summed E-state index contributed by atoms with van der Waals surface area (Å²) in [6, 6.07) is 9.78. The van der Waals surface area contributed by atoms with Crippen molar-refractivity contribution in [2.24, 2.45) is 5.92 Å². The smallest absolute Gasteiger partial charge is 0.230 e. The lowest BCUT2D eigenvalue weighted by molar-refractivity contribution is -0.119. The third-order valence-electron chi connectivity index (χ3n) is 5.85. The molecule has 2 heterocycles. The summed E-state index contributed by atoms with van der Waals surface area (Å²) >= 11 is 9.17. The minimum absolute atomic E-state index is 0.0314. The van der Waals surface area contributed by atoms with Gasteiger partial charge < -0.3 is 5.32 Å². The predicted octanol–water partition coefficient (Wildman–Crippen LogP) is 5.41. The van der Waals surface area contributed by atoms with E-state index in [-0.39, 0.29) is 17.7 Å². The van der Waals surface area contributed by atoms with Crippen LogP contribution < -0.4 is 5.32 Å². The van der Waals surface area contributed by atoms with Crippen molar-refractivity contribution in [3.63, 3.8) is 0 Å². The van der Waals surface area contributed by atoms with E-state index in [1.54, 1.807) is 0 Å². The summed E-state index contributed by atoms with van der Waals surface area (Å²) in [5, 5.41) is 14.0. The summed E-state index contributed by atoms with van der Waals surface area (Å²) < 4.78 is 1.96. The summed E-state index contributed by atoms with van der Waals surface area (Å²) in [5.41, 5.74) is 2.72. The number of nitrogens with one attached hydrogen (secondary N) is 1. The van der Waals surface area contributed by atoms with E-state index >= 15 is 0 Å². The standard InChI is InChI=1S/C24H29ClN6OS2/c1-15-7-4-5-10-20(15)28-22(32)14-34-24-30-29-21(31(24)19-9-6-8-18(25)12-19)13-33-23-26-16(2)11-17(3)27-23/h6,8-9,11-12,15,20H,4-5,7,10,13-14H2,1-3H3,(H,28,32)/t15-,20-/m1/s1. The fourth-order valence-electron chi connectivity index (χ4n) is 4.16. The van der Waals surface area contributed by atoms with Crippen LogP contribution in [0.1, 0.15) is 49.8 Å². The fraction of sp³-hybridized carbons (Fsp3) is 0.458.